The van der Waals surface area contributed by atoms with Crippen LogP contribution in [0.3, 0.4) is 0 Å². The van der Waals surface area contributed by atoms with Gasteiger partial charge in [-0.15, -0.1) is 0 Å². The summed E-state index contributed by atoms with van der Waals surface area (Å²) in [5, 5.41) is 0. The molecule has 0 bridgehead atoms. The van der Waals surface area contributed by atoms with Crippen molar-refractivity contribution in [3.8, 4) is 45.9 Å². The number of aryl methyl sites for hydroxylation is 10. The Balaban J connectivity index is 0.000000238. The first kappa shape index (κ1) is 44.1. The molecule has 6 rings (SSSR count). The lowest BCUT2D eigenvalue weighted by atomic mass is 9.97. The SMILES string of the molecule is CI.Cc1cc(Oc2nc(C)c(C)c(-c3cc(C)c(C)c(C)c3)n2)cc(C)c1C.Cc1nc(Oc2cc(C)c(C)c(C)c2)c(C)c(-c2cc(C)c(C)c(C)c2)n1. The van der Waals surface area contributed by atoms with Gasteiger partial charge in [-0.1, -0.05) is 22.6 Å². The van der Waals surface area contributed by atoms with E-state index in [2.05, 4.69) is 159 Å². The van der Waals surface area contributed by atoms with Gasteiger partial charge in [-0.25, -0.2) is 4.98 Å². The minimum atomic E-state index is 0.395. The summed E-state index contributed by atoms with van der Waals surface area (Å²) in [4.78, 5) is 20.6. The van der Waals surface area contributed by atoms with E-state index >= 15 is 0 Å². The molecule has 294 valence electrons. The van der Waals surface area contributed by atoms with Gasteiger partial charge in [0.05, 0.1) is 11.4 Å². The van der Waals surface area contributed by atoms with Gasteiger partial charge in [0.1, 0.15) is 17.3 Å². The van der Waals surface area contributed by atoms with Gasteiger partial charge in [-0.05, 0) is 237 Å². The topological polar surface area (TPSA) is 70.0 Å². The Hall–Kier alpha value is -4.63. The van der Waals surface area contributed by atoms with E-state index < -0.39 is 0 Å². The average Bonchev–Trinajstić information content (AvgIpc) is 3.14. The number of ether oxygens (including phenoxy) is 2. The third kappa shape index (κ3) is 10.0. The molecule has 2 aromatic heterocycles. The Morgan fingerprint density at radius 2 is 0.696 bits per heavy atom. The molecule has 0 atom stereocenters. The summed E-state index contributed by atoms with van der Waals surface area (Å²) in [6, 6.07) is 17.4. The van der Waals surface area contributed by atoms with E-state index in [1.54, 1.807) is 0 Å². The lowest BCUT2D eigenvalue weighted by Crippen LogP contribution is -2.01. The Morgan fingerprint density at radius 1 is 0.357 bits per heavy atom. The zero-order valence-corrected chi connectivity index (χ0v) is 38.8. The molecular weight excluding hydrogens is 803 g/mol. The summed E-state index contributed by atoms with van der Waals surface area (Å²) in [5.74, 6) is 2.93. The van der Waals surface area contributed by atoms with Gasteiger partial charge < -0.3 is 9.47 Å². The second-order valence-corrected chi connectivity index (χ2v) is 15.2. The maximum atomic E-state index is 6.20. The number of aromatic nitrogens is 4. The second-order valence-electron chi connectivity index (χ2n) is 15.2. The van der Waals surface area contributed by atoms with Crippen LogP contribution in [0.25, 0.3) is 22.5 Å². The van der Waals surface area contributed by atoms with E-state index in [0.29, 0.717) is 17.7 Å². The largest absolute Gasteiger partial charge is 0.439 e. The number of nitrogens with zero attached hydrogens (tertiary/aromatic N) is 4. The number of rotatable bonds is 6. The highest BCUT2D eigenvalue weighted by Crippen LogP contribution is 2.34. The number of benzene rings is 4. The molecule has 6 nitrogen and oxygen atoms in total. The van der Waals surface area contributed by atoms with Crippen LogP contribution in [0, 0.1) is 111 Å². The Morgan fingerprint density at radius 3 is 1.09 bits per heavy atom. The molecular formula is C49H59IN4O2. The molecule has 56 heavy (non-hydrogen) atoms. The smallest absolute Gasteiger partial charge is 0.322 e. The monoisotopic (exact) mass is 862 g/mol. The summed E-state index contributed by atoms with van der Waals surface area (Å²) in [6.45, 7) is 33.6. The summed E-state index contributed by atoms with van der Waals surface area (Å²) < 4.78 is 12.3. The predicted molar refractivity (Wildman–Crippen MR) is 244 cm³/mol. The molecule has 0 spiro atoms. The first-order chi connectivity index (χ1) is 26.3. The number of halogens is 1. The lowest BCUT2D eigenvalue weighted by Gasteiger charge is -2.15. The summed E-state index contributed by atoms with van der Waals surface area (Å²) in [7, 11) is 0. The molecule has 4 aromatic carbocycles. The lowest BCUT2D eigenvalue weighted by molar-refractivity contribution is 0.440. The molecule has 0 aliphatic carbocycles. The van der Waals surface area contributed by atoms with Gasteiger partial charge >= 0.3 is 6.01 Å². The number of hydrogen-bond acceptors (Lipinski definition) is 6. The van der Waals surface area contributed by atoms with Crippen LogP contribution in [-0.2, 0) is 0 Å². The molecule has 0 aliphatic heterocycles. The zero-order valence-electron chi connectivity index (χ0n) is 36.6. The van der Waals surface area contributed by atoms with Crippen LogP contribution >= 0.6 is 22.6 Å². The molecule has 6 aromatic rings. The fourth-order valence-corrected chi connectivity index (χ4v) is 6.58. The highest BCUT2D eigenvalue weighted by atomic mass is 127. The van der Waals surface area contributed by atoms with E-state index in [9.17, 15) is 0 Å². The van der Waals surface area contributed by atoms with Crippen molar-refractivity contribution >= 4 is 22.6 Å². The fourth-order valence-electron chi connectivity index (χ4n) is 6.58. The van der Waals surface area contributed by atoms with E-state index in [1.807, 2.05) is 37.8 Å². The molecule has 0 unspecified atom stereocenters. The van der Waals surface area contributed by atoms with Crippen molar-refractivity contribution < 1.29 is 9.47 Å². The quantitative estimate of drug-likeness (QED) is 0.123. The van der Waals surface area contributed by atoms with Crippen molar-refractivity contribution in [3.63, 3.8) is 0 Å². The maximum absolute atomic E-state index is 6.20. The van der Waals surface area contributed by atoms with Crippen molar-refractivity contribution in [2.24, 2.45) is 0 Å². The standard InChI is InChI=1S/2C24H28N2O.CH3I/c1-13-9-21(10-14(2)17(13)5)23-19(7)24(26-20(8)25-23)27-22-11-15(3)18(6)16(4)12-22;1-13-9-21(10-14(2)17(13)5)23-19(7)20(8)25-24(26-23)27-22-11-15(3)18(6)16(4)12-22;1-2/h2*9-12H,1-8H3;1H3. The van der Waals surface area contributed by atoms with Crippen LogP contribution in [0.2, 0.25) is 0 Å². The van der Waals surface area contributed by atoms with E-state index in [1.165, 1.54) is 66.8 Å². The van der Waals surface area contributed by atoms with Gasteiger partial charge in [0.2, 0.25) is 5.88 Å². The van der Waals surface area contributed by atoms with Crippen molar-refractivity contribution in [3.05, 3.63) is 138 Å². The van der Waals surface area contributed by atoms with E-state index in [4.69, 9.17) is 19.4 Å². The second kappa shape index (κ2) is 18.5. The molecule has 0 amide bonds. The van der Waals surface area contributed by atoms with Crippen LogP contribution in [0.15, 0.2) is 48.5 Å². The Labute approximate surface area is 349 Å². The highest BCUT2D eigenvalue weighted by Gasteiger charge is 2.17. The van der Waals surface area contributed by atoms with E-state index in [0.717, 1.165) is 50.8 Å². The first-order valence-electron chi connectivity index (χ1n) is 19.1. The average molecular weight is 863 g/mol. The molecule has 0 radical (unpaired) electrons. The van der Waals surface area contributed by atoms with Gasteiger partial charge in [0, 0.05) is 22.4 Å². The minimum absolute atomic E-state index is 0.395. The van der Waals surface area contributed by atoms with Gasteiger partial charge in [-0.2, -0.15) is 15.0 Å². The number of alkyl halides is 1. The molecule has 2 heterocycles. The third-order valence-electron chi connectivity index (χ3n) is 11.2. The Kier molecular flexibility index (Phi) is 14.6. The molecule has 0 saturated heterocycles. The highest BCUT2D eigenvalue weighted by molar-refractivity contribution is 14.1. The maximum Gasteiger partial charge on any atom is 0.322 e. The molecule has 7 heteroatoms. The fraction of sp³-hybridized carbons (Fsp3) is 0.347. The molecule has 0 N–H and O–H groups in total. The van der Waals surface area contributed by atoms with Crippen LogP contribution < -0.4 is 9.47 Å². The van der Waals surface area contributed by atoms with Gasteiger partial charge in [-0.3, -0.25) is 0 Å². The van der Waals surface area contributed by atoms with Crippen molar-refractivity contribution in [1.29, 1.82) is 0 Å². The predicted octanol–water partition coefficient (Wildman–Crippen LogP) is 13.9. The van der Waals surface area contributed by atoms with Crippen LogP contribution in [-0.4, -0.2) is 24.9 Å². The van der Waals surface area contributed by atoms with Crippen molar-refractivity contribution in [1.82, 2.24) is 19.9 Å². The summed E-state index contributed by atoms with van der Waals surface area (Å²) in [5.41, 5.74) is 22.2. The number of hydrogen-bond donors (Lipinski definition) is 0. The van der Waals surface area contributed by atoms with Gasteiger partial charge in [0.15, 0.2) is 0 Å². The normalized spacial score (nSPS) is 10.7. The van der Waals surface area contributed by atoms with Crippen LogP contribution in [0.4, 0.5) is 0 Å². The van der Waals surface area contributed by atoms with Crippen LogP contribution in [0.5, 0.6) is 23.4 Å². The third-order valence-corrected chi connectivity index (χ3v) is 11.2. The van der Waals surface area contributed by atoms with E-state index in [-0.39, 0.29) is 0 Å². The summed E-state index contributed by atoms with van der Waals surface area (Å²) in [6.07, 6.45) is 0. The summed E-state index contributed by atoms with van der Waals surface area (Å²) >= 11 is 2.15. The Bertz CT molecular complexity index is 2270. The minimum Gasteiger partial charge on any atom is -0.439 e. The molecule has 0 saturated carbocycles. The van der Waals surface area contributed by atoms with Crippen molar-refractivity contribution in [2.75, 3.05) is 4.93 Å². The zero-order chi connectivity index (χ0) is 41.8. The molecule has 0 aliphatic rings. The van der Waals surface area contributed by atoms with Crippen molar-refractivity contribution in [2.45, 2.75) is 111 Å². The molecule has 0 fully saturated rings. The van der Waals surface area contributed by atoms with Crippen LogP contribution in [0.1, 0.15) is 89.4 Å². The van der Waals surface area contributed by atoms with Gasteiger partial charge in [0.25, 0.3) is 0 Å². The first-order valence-corrected chi connectivity index (χ1v) is 21.3.